The zero-order valence-corrected chi connectivity index (χ0v) is 52.4. The SMILES string of the molecule is O=C(CC(C(=O)O)c1c[nH]c2c(Cl)cccc12)c1ccc(F)cc1F.O=C(CC(C(=O)O)c1c[nH]c2c(F)cccc12)c1ccc(F)cc1F.O=C(CC(C(=O)O)c1c[nH]c2cc(Cl)ccc12)c1ccc(F)cc1F.O=C(CC(C(=O)O)c1c[nH]c2cc(F)ccc12)c1ccc(F)cc1F. The maximum Gasteiger partial charge on any atom is 0.311 e. The summed E-state index contributed by atoms with van der Waals surface area (Å²) >= 11 is 12.0. The number of aromatic nitrogens is 4. The summed E-state index contributed by atoms with van der Waals surface area (Å²) in [5, 5.41) is 40.9. The van der Waals surface area contributed by atoms with E-state index in [1.54, 1.807) is 36.4 Å². The normalized spacial score (nSPS) is 12.3. The van der Waals surface area contributed by atoms with Crippen LogP contribution in [-0.2, 0) is 19.2 Å². The number of rotatable bonds is 20. The first-order valence-electron chi connectivity index (χ1n) is 29.4. The molecule has 0 spiro atoms. The third-order valence-corrected chi connectivity index (χ3v) is 16.5. The summed E-state index contributed by atoms with van der Waals surface area (Å²) in [6.07, 6.45) is 3.71. The molecule has 12 rings (SSSR count). The van der Waals surface area contributed by atoms with Crippen LogP contribution >= 0.6 is 23.2 Å². The number of benzene rings is 8. The zero-order valence-electron chi connectivity index (χ0n) is 50.9. The molecule has 512 valence electrons. The van der Waals surface area contributed by atoms with E-state index in [0.717, 1.165) is 48.5 Å². The van der Waals surface area contributed by atoms with Gasteiger partial charge in [-0.15, -0.1) is 0 Å². The van der Waals surface area contributed by atoms with Crippen LogP contribution in [0.1, 0.15) is 113 Å². The Hall–Kier alpha value is -11.6. The number of fused-ring (bicyclic) bond motifs is 4. The maximum absolute atomic E-state index is 13.8. The van der Waals surface area contributed by atoms with E-state index in [0.29, 0.717) is 89.1 Å². The Bertz CT molecular complexity index is 4890. The number of carboxylic acid groups (broad SMARTS) is 4. The van der Waals surface area contributed by atoms with E-state index >= 15 is 0 Å². The van der Waals surface area contributed by atoms with Crippen molar-refractivity contribution in [3.63, 3.8) is 0 Å². The summed E-state index contributed by atoms with van der Waals surface area (Å²) in [5.41, 5.74) is 1.55. The molecule has 4 unspecified atom stereocenters. The van der Waals surface area contributed by atoms with Crippen molar-refractivity contribution in [1.29, 1.82) is 0 Å². The largest absolute Gasteiger partial charge is 0.481 e. The second-order valence-electron chi connectivity index (χ2n) is 22.2. The minimum Gasteiger partial charge on any atom is -0.481 e. The highest BCUT2D eigenvalue weighted by molar-refractivity contribution is 6.35. The van der Waals surface area contributed by atoms with Crippen LogP contribution in [0.25, 0.3) is 43.6 Å². The number of ketones is 4. The van der Waals surface area contributed by atoms with Gasteiger partial charge in [0.1, 0.15) is 58.2 Å². The number of halogens is 12. The molecule has 0 aliphatic carbocycles. The molecule has 0 bridgehead atoms. The van der Waals surface area contributed by atoms with Crippen molar-refractivity contribution in [3.05, 3.63) is 283 Å². The molecule has 0 aliphatic heterocycles. The predicted molar refractivity (Wildman–Crippen MR) is 346 cm³/mol. The molecule has 4 aromatic heterocycles. The molecule has 16 nitrogen and oxygen atoms in total. The lowest BCUT2D eigenvalue weighted by molar-refractivity contribution is -0.139. The average molecular weight is 1420 g/mol. The molecule has 100 heavy (non-hydrogen) atoms. The van der Waals surface area contributed by atoms with Gasteiger partial charge >= 0.3 is 23.9 Å². The van der Waals surface area contributed by atoms with Crippen molar-refractivity contribution in [2.75, 3.05) is 0 Å². The molecule has 8 aromatic carbocycles. The number of carboxylic acids is 4. The van der Waals surface area contributed by atoms with E-state index in [2.05, 4.69) is 19.9 Å². The molecule has 0 fully saturated rings. The molecule has 0 radical (unpaired) electrons. The van der Waals surface area contributed by atoms with Crippen molar-refractivity contribution in [2.45, 2.75) is 49.4 Å². The second kappa shape index (κ2) is 31.3. The van der Waals surface area contributed by atoms with Crippen LogP contribution in [0.3, 0.4) is 0 Å². The summed E-state index contributed by atoms with van der Waals surface area (Å²) in [4.78, 5) is 107. The number of nitrogens with one attached hydrogen (secondary N) is 4. The van der Waals surface area contributed by atoms with E-state index < -0.39 is 160 Å². The van der Waals surface area contributed by atoms with Crippen LogP contribution in [0.5, 0.6) is 0 Å². The van der Waals surface area contributed by atoms with Crippen LogP contribution in [0, 0.1) is 58.2 Å². The highest BCUT2D eigenvalue weighted by Gasteiger charge is 2.32. The maximum atomic E-state index is 13.8. The molecular weight excluding hydrogens is 1370 g/mol. The van der Waals surface area contributed by atoms with E-state index in [1.165, 1.54) is 61.2 Å². The lowest BCUT2D eigenvalue weighted by Gasteiger charge is -2.11. The summed E-state index contributed by atoms with van der Waals surface area (Å²) in [5.74, 6) is -21.4. The summed E-state index contributed by atoms with van der Waals surface area (Å²) < 4.78 is 134. The molecule has 28 heteroatoms. The van der Waals surface area contributed by atoms with Crippen molar-refractivity contribution in [1.82, 2.24) is 19.9 Å². The quantitative estimate of drug-likeness (QED) is 0.0261. The Kier molecular flexibility index (Phi) is 22.7. The van der Waals surface area contributed by atoms with Gasteiger partial charge in [-0.05, 0) is 113 Å². The molecule has 0 amide bonds. The number of carbonyl (C=O) groups is 8. The first-order valence-corrected chi connectivity index (χ1v) is 30.1. The second-order valence-corrected chi connectivity index (χ2v) is 23.1. The number of H-pyrrole nitrogens is 4. The first kappa shape index (κ1) is 72.6. The third-order valence-electron chi connectivity index (χ3n) is 15.9. The molecule has 0 saturated heterocycles. The molecule has 12 aromatic rings. The minimum absolute atomic E-state index is 0.129. The minimum atomic E-state index is -1.30. The molecule has 4 heterocycles. The fourth-order valence-electron chi connectivity index (χ4n) is 11.0. The van der Waals surface area contributed by atoms with Gasteiger partial charge in [0, 0.05) is 112 Å². The van der Waals surface area contributed by atoms with Gasteiger partial charge in [-0.25, -0.2) is 43.9 Å². The van der Waals surface area contributed by atoms with Crippen LogP contribution < -0.4 is 0 Å². The summed E-state index contributed by atoms with van der Waals surface area (Å²) in [7, 11) is 0. The van der Waals surface area contributed by atoms with Crippen molar-refractivity contribution < 1.29 is 103 Å². The van der Waals surface area contributed by atoms with Crippen LogP contribution in [0.2, 0.25) is 10.0 Å². The van der Waals surface area contributed by atoms with Crippen LogP contribution in [-0.4, -0.2) is 87.4 Å². The highest BCUT2D eigenvalue weighted by Crippen LogP contribution is 2.36. The van der Waals surface area contributed by atoms with Gasteiger partial charge in [-0.2, -0.15) is 0 Å². The molecule has 4 atom stereocenters. The molecule has 0 aliphatic rings. The number of Topliss-reactive ketones (excluding diaryl/α,β-unsaturated/α-hetero) is 4. The summed E-state index contributed by atoms with van der Waals surface area (Å²) in [6, 6.07) is 28.0. The smallest absolute Gasteiger partial charge is 0.311 e. The molecule has 8 N–H and O–H groups in total. The van der Waals surface area contributed by atoms with Gasteiger partial charge in [0.25, 0.3) is 0 Å². The van der Waals surface area contributed by atoms with Gasteiger partial charge in [0.2, 0.25) is 0 Å². The zero-order chi connectivity index (χ0) is 72.5. The number of aromatic amines is 4. The van der Waals surface area contributed by atoms with E-state index in [4.69, 9.17) is 23.2 Å². The van der Waals surface area contributed by atoms with Crippen molar-refractivity contribution in [2.24, 2.45) is 0 Å². The monoisotopic (exact) mass is 1420 g/mol. The van der Waals surface area contributed by atoms with Crippen molar-refractivity contribution >= 4 is 114 Å². The van der Waals surface area contributed by atoms with Crippen LogP contribution in [0.4, 0.5) is 43.9 Å². The lowest BCUT2D eigenvalue weighted by Crippen LogP contribution is -2.17. The Labute approximate surface area is 566 Å². The summed E-state index contributed by atoms with van der Waals surface area (Å²) in [6.45, 7) is 0. The average Bonchev–Trinajstić information content (AvgIpc) is 1.63. The van der Waals surface area contributed by atoms with E-state index in [9.17, 15) is 103 Å². The Morgan fingerprint density at radius 2 is 0.620 bits per heavy atom. The predicted octanol–water partition coefficient (Wildman–Crippen LogP) is 17.1. The Morgan fingerprint density at radius 1 is 0.320 bits per heavy atom. The highest BCUT2D eigenvalue weighted by atomic mass is 35.5. The fourth-order valence-corrected chi connectivity index (χ4v) is 11.4. The van der Waals surface area contributed by atoms with Gasteiger partial charge in [0.15, 0.2) is 23.1 Å². The number of hydrogen-bond donors (Lipinski definition) is 8. The van der Waals surface area contributed by atoms with Gasteiger partial charge < -0.3 is 40.4 Å². The number of aliphatic carboxylic acids is 4. The number of hydrogen-bond acceptors (Lipinski definition) is 8. The first-order chi connectivity index (χ1) is 47.5. The number of para-hydroxylation sites is 2. The Morgan fingerprint density at radius 3 is 0.990 bits per heavy atom. The van der Waals surface area contributed by atoms with Crippen LogP contribution in [0.15, 0.2) is 170 Å². The standard InChI is InChI=1S/2C18H12ClF2NO3.2C18H12F3NO3/c19-9-1-3-11-14(8-22-16(11)5-9)13(18(24)25)7-17(23)12-4-2-10(20)6-15(12)21;19-14-3-1-2-10-13(8-22-17(10)14)12(18(24)25)7-16(23)11-5-4-9(20)6-15(11)21;19-9-2-4-12(15(21)5-9)17(23)7-13(18(24)25)14-8-22-16-6-10(20)1-3-11(14)16;19-9-4-5-11(15(21)6-9)16(23)7-12(18(24)25)13-8-22-17-10(13)2-1-3-14(17)20/h1-6,8,13,22H,7H2,(H,24,25);1-6,8,12,22H,7H2,(H,24,25);1-6,8,13,22H,7H2,(H,24,25);1-6,8,12,22H,7H2,(H,24,25). The Balaban J connectivity index is 0.000000156. The van der Waals surface area contributed by atoms with E-state index in [1.807, 2.05) is 0 Å². The fraction of sp³-hybridized carbons (Fsp3) is 0.111. The van der Waals surface area contributed by atoms with Gasteiger partial charge in [0.05, 0.1) is 62.0 Å². The van der Waals surface area contributed by atoms with Gasteiger partial charge in [-0.1, -0.05) is 53.5 Å². The number of carbonyl (C=O) groups excluding carboxylic acids is 4. The van der Waals surface area contributed by atoms with E-state index in [-0.39, 0.29) is 27.8 Å². The topological polar surface area (TPSA) is 281 Å². The van der Waals surface area contributed by atoms with Crippen molar-refractivity contribution in [3.8, 4) is 0 Å². The third kappa shape index (κ3) is 16.7. The molecular formula is C72H48Cl2F10N4O12. The van der Waals surface area contributed by atoms with Gasteiger partial charge in [-0.3, -0.25) is 38.4 Å². The lowest BCUT2D eigenvalue weighted by atomic mass is 9.91. The molecule has 0 saturated carbocycles.